The summed E-state index contributed by atoms with van der Waals surface area (Å²) in [7, 11) is 0. The van der Waals surface area contributed by atoms with Crippen LogP contribution < -0.4 is 0 Å². The van der Waals surface area contributed by atoms with E-state index in [-0.39, 0.29) is 10.3 Å². The number of benzene rings is 1. The second-order valence-electron chi connectivity index (χ2n) is 3.27. The standard InChI is InChI=1S/C13H7Cl2NO/c14-12-7-6-11(17-12)13(15)10(8-16)9-4-2-1-3-5-9/h1-7H/b13-10-. The molecule has 2 nitrogen and oxygen atoms in total. The fourth-order valence-electron chi connectivity index (χ4n) is 1.40. The number of halogens is 2. The van der Waals surface area contributed by atoms with Crippen molar-refractivity contribution in [3.05, 3.63) is 59.0 Å². The first-order valence-corrected chi connectivity index (χ1v) is 5.59. The minimum Gasteiger partial charge on any atom is -0.444 e. The van der Waals surface area contributed by atoms with Crippen molar-refractivity contribution in [2.75, 3.05) is 0 Å². The van der Waals surface area contributed by atoms with Gasteiger partial charge in [0.05, 0.1) is 5.57 Å². The maximum Gasteiger partial charge on any atom is 0.193 e. The van der Waals surface area contributed by atoms with Crippen LogP contribution in [-0.4, -0.2) is 0 Å². The van der Waals surface area contributed by atoms with Gasteiger partial charge in [0, 0.05) is 0 Å². The van der Waals surface area contributed by atoms with Crippen molar-refractivity contribution in [3.8, 4) is 6.07 Å². The summed E-state index contributed by atoms with van der Waals surface area (Å²) < 4.78 is 5.17. The molecule has 0 unspecified atom stereocenters. The average molecular weight is 264 g/mol. The van der Waals surface area contributed by atoms with E-state index in [0.717, 1.165) is 5.56 Å². The van der Waals surface area contributed by atoms with Gasteiger partial charge in [-0.05, 0) is 29.3 Å². The maximum absolute atomic E-state index is 9.15. The summed E-state index contributed by atoms with van der Waals surface area (Å²) in [6.45, 7) is 0. The molecule has 0 radical (unpaired) electrons. The molecule has 1 heterocycles. The molecule has 1 aromatic carbocycles. The Balaban J connectivity index is 2.52. The first kappa shape index (κ1) is 11.8. The molecule has 4 heteroatoms. The lowest BCUT2D eigenvalue weighted by molar-refractivity contribution is 0.558. The summed E-state index contributed by atoms with van der Waals surface area (Å²) in [5, 5.41) is 9.65. The lowest BCUT2D eigenvalue weighted by atomic mass is 10.1. The lowest BCUT2D eigenvalue weighted by Crippen LogP contribution is -1.84. The number of allylic oxidation sites excluding steroid dienone is 1. The van der Waals surface area contributed by atoms with Crippen molar-refractivity contribution < 1.29 is 4.42 Å². The van der Waals surface area contributed by atoms with Crippen molar-refractivity contribution >= 4 is 33.8 Å². The molecular formula is C13H7Cl2NO. The highest BCUT2D eigenvalue weighted by molar-refractivity contribution is 6.53. The van der Waals surface area contributed by atoms with Crippen molar-refractivity contribution in [1.82, 2.24) is 0 Å². The molecule has 0 N–H and O–H groups in total. The van der Waals surface area contributed by atoms with Crippen LogP contribution in [0.3, 0.4) is 0 Å². The number of furan rings is 1. The zero-order valence-electron chi connectivity index (χ0n) is 8.65. The third-order valence-corrected chi connectivity index (χ3v) is 2.76. The molecule has 0 atom stereocenters. The van der Waals surface area contributed by atoms with Gasteiger partial charge in [-0.15, -0.1) is 0 Å². The predicted molar refractivity (Wildman–Crippen MR) is 68.4 cm³/mol. The van der Waals surface area contributed by atoms with Gasteiger partial charge in [0.2, 0.25) is 0 Å². The summed E-state index contributed by atoms with van der Waals surface area (Å²) in [5.74, 6) is 0.386. The Morgan fingerprint density at radius 3 is 2.35 bits per heavy atom. The molecule has 1 aromatic heterocycles. The largest absolute Gasteiger partial charge is 0.444 e. The van der Waals surface area contributed by atoms with Gasteiger partial charge in [-0.2, -0.15) is 5.26 Å². The highest BCUT2D eigenvalue weighted by atomic mass is 35.5. The molecule has 2 aromatic rings. The van der Waals surface area contributed by atoms with Crippen LogP contribution >= 0.6 is 23.2 Å². The van der Waals surface area contributed by atoms with Gasteiger partial charge in [-0.3, -0.25) is 0 Å². The minimum absolute atomic E-state index is 0.239. The van der Waals surface area contributed by atoms with E-state index in [1.54, 1.807) is 12.1 Å². The Kier molecular flexibility index (Phi) is 3.53. The molecule has 0 aliphatic rings. The second kappa shape index (κ2) is 5.09. The van der Waals surface area contributed by atoms with Gasteiger partial charge in [-0.25, -0.2) is 0 Å². The third kappa shape index (κ3) is 2.52. The summed E-state index contributed by atoms with van der Waals surface area (Å²) in [6.07, 6.45) is 0. The Hall–Kier alpha value is -1.69. The maximum atomic E-state index is 9.15. The normalized spacial score (nSPS) is 11.8. The number of rotatable bonds is 2. The highest BCUT2D eigenvalue weighted by Gasteiger charge is 2.12. The number of nitrogens with zero attached hydrogens (tertiary/aromatic N) is 1. The van der Waals surface area contributed by atoms with Gasteiger partial charge in [-0.1, -0.05) is 41.9 Å². The van der Waals surface area contributed by atoms with Crippen LogP contribution in [0, 0.1) is 11.3 Å². The first-order valence-electron chi connectivity index (χ1n) is 4.83. The minimum atomic E-state index is 0.239. The van der Waals surface area contributed by atoms with Crippen LogP contribution in [0.15, 0.2) is 46.9 Å². The number of hydrogen-bond donors (Lipinski definition) is 0. The second-order valence-corrected chi connectivity index (χ2v) is 4.02. The SMILES string of the molecule is N#C/C(=C(/Cl)c1ccc(Cl)o1)c1ccccc1. The Labute approximate surface area is 109 Å². The summed E-state index contributed by atoms with van der Waals surface area (Å²) >= 11 is 11.8. The Morgan fingerprint density at radius 1 is 1.12 bits per heavy atom. The van der Waals surface area contributed by atoms with Crippen molar-refractivity contribution in [2.24, 2.45) is 0 Å². The van der Waals surface area contributed by atoms with E-state index >= 15 is 0 Å². The van der Waals surface area contributed by atoms with Gasteiger partial charge in [0.25, 0.3) is 0 Å². The molecule has 17 heavy (non-hydrogen) atoms. The van der Waals surface area contributed by atoms with E-state index in [4.69, 9.17) is 32.9 Å². The van der Waals surface area contributed by atoms with Crippen LogP contribution in [0.4, 0.5) is 0 Å². The van der Waals surface area contributed by atoms with E-state index in [1.165, 1.54) is 0 Å². The van der Waals surface area contributed by atoms with Crippen LogP contribution in [-0.2, 0) is 0 Å². The fourth-order valence-corrected chi connectivity index (χ4v) is 1.80. The van der Waals surface area contributed by atoms with E-state index in [1.807, 2.05) is 30.3 Å². The topological polar surface area (TPSA) is 36.9 Å². The quantitative estimate of drug-likeness (QED) is 0.745. The molecule has 0 saturated carbocycles. The van der Waals surface area contributed by atoms with Crippen molar-refractivity contribution in [1.29, 1.82) is 5.26 Å². The number of nitriles is 1. The van der Waals surface area contributed by atoms with E-state index in [2.05, 4.69) is 6.07 Å². The van der Waals surface area contributed by atoms with Gasteiger partial charge in [0.1, 0.15) is 16.9 Å². The monoisotopic (exact) mass is 263 g/mol. The molecule has 0 aliphatic heterocycles. The van der Waals surface area contributed by atoms with Crippen molar-refractivity contribution in [3.63, 3.8) is 0 Å². The molecular weight excluding hydrogens is 257 g/mol. The van der Waals surface area contributed by atoms with Crippen LogP contribution in [0.25, 0.3) is 10.6 Å². The smallest absolute Gasteiger partial charge is 0.193 e. The molecule has 0 spiro atoms. The first-order chi connectivity index (χ1) is 8.22. The third-order valence-electron chi connectivity index (χ3n) is 2.18. The summed E-state index contributed by atoms with van der Waals surface area (Å²) in [5.41, 5.74) is 1.10. The molecule has 2 rings (SSSR count). The van der Waals surface area contributed by atoms with Crippen LogP contribution in [0.5, 0.6) is 0 Å². The van der Waals surface area contributed by atoms with Crippen molar-refractivity contribution in [2.45, 2.75) is 0 Å². The highest BCUT2D eigenvalue weighted by Crippen LogP contribution is 2.31. The van der Waals surface area contributed by atoms with Crippen LogP contribution in [0.2, 0.25) is 5.22 Å². The zero-order valence-corrected chi connectivity index (χ0v) is 10.2. The molecule has 0 amide bonds. The molecule has 0 aliphatic carbocycles. The van der Waals surface area contributed by atoms with E-state index < -0.39 is 0 Å². The molecule has 84 valence electrons. The summed E-state index contributed by atoms with van der Waals surface area (Å²) in [6, 6.07) is 14.5. The predicted octanol–water partition coefficient (Wildman–Crippen LogP) is 4.56. The van der Waals surface area contributed by atoms with E-state index in [9.17, 15) is 0 Å². The lowest BCUT2D eigenvalue weighted by Gasteiger charge is -2.01. The van der Waals surface area contributed by atoms with Gasteiger partial charge >= 0.3 is 0 Å². The zero-order chi connectivity index (χ0) is 12.3. The molecule has 0 bridgehead atoms. The Morgan fingerprint density at radius 2 is 1.82 bits per heavy atom. The van der Waals surface area contributed by atoms with Gasteiger partial charge < -0.3 is 4.42 Å². The number of hydrogen-bond acceptors (Lipinski definition) is 2. The fraction of sp³-hybridized carbons (Fsp3) is 0. The van der Waals surface area contributed by atoms with Gasteiger partial charge in [0.15, 0.2) is 5.22 Å². The molecule has 0 fully saturated rings. The van der Waals surface area contributed by atoms with Crippen LogP contribution in [0.1, 0.15) is 11.3 Å². The molecule has 0 saturated heterocycles. The summed E-state index contributed by atoms with van der Waals surface area (Å²) in [4.78, 5) is 0. The average Bonchev–Trinajstić information content (AvgIpc) is 2.78. The Bertz CT molecular complexity index is 593. The van der Waals surface area contributed by atoms with E-state index in [0.29, 0.717) is 11.3 Å².